The van der Waals surface area contributed by atoms with Crippen LogP contribution >= 0.6 is 0 Å². The maximum absolute atomic E-state index is 14.9. The number of anilines is 1. The number of halogens is 2. The van der Waals surface area contributed by atoms with Gasteiger partial charge in [-0.15, -0.1) is 0 Å². The van der Waals surface area contributed by atoms with Gasteiger partial charge in [-0.25, -0.2) is 18.7 Å². The minimum atomic E-state index is -2.82. The predicted molar refractivity (Wildman–Crippen MR) is 91.0 cm³/mol. The molecule has 0 N–H and O–H groups in total. The number of hydrogen-bond donors (Lipinski definition) is 0. The van der Waals surface area contributed by atoms with Crippen LogP contribution in [0.4, 0.5) is 14.6 Å². The van der Waals surface area contributed by atoms with Crippen molar-refractivity contribution < 1.29 is 13.6 Å². The molecule has 0 aliphatic carbocycles. The van der Waals surface area contributed by atoms with Crippen LogP contribution in [0.25, 0.3) is 0 Å². The molecule has 8 heteroatoms. The Bertz CT molecular complexity index is 789. The van der Waals surface area contributed by atoms with Crippen molar-refractivity contribution in [3.8, 4) is 0 Å². The third-order valence-corrected chi connectivity index (χ3v) is 5.36. The Morgan fingerprint density at radius 3 is 2.65 bits per heavy atom. The van der Waals surface area contributed by atoms with Crippen LogP contribution in [0, 0.1) is 5.41 Å². The van der Waals surface area contributed by atoms with E-state index in [4.69, 9.17) is 0 Å². The summed E-state index contributed by atoms with van der Waals surface area (Å²) in [4.78, 5) is 28.2. The molecule has 0 aromatic carbocycles. The lowest BCUT2D eigenvalue weighted by Crippen LogP contribution is -2.58. The number of nitrogens with zero attached hydrogens (tertiary/aromatic N) is 5. The fourth-order valence-corrected chi connectivity index (χ4v) is 3.88. The van der Waals surface area contributed by atoms with E-state index in [2.05, 4.69) is 15.0 Å². The monoisotopic (exact) mass is 359 g/mol. The molecule has 1 spiro atoms. The summed E-state index contributed by atoms with van der Waals surface area (Å²) in [5.74, 6) is -2.47. The predicted octanol–water partition coefficient (Wildman–Crippen LogP) is 2.25. The highest BCUT2D eigenvalue weighted by molar-refractivity contribution is 5.92. The largest absolute Gasteiger partial charge is 0.356 e. The first kappa shape index (κ1) is 16.8. The molecule has 0 bridgehead atoms. The van der Waals surface area contributed by atoms with E-state index in [-0.39, 0.29) is 37.7 Å². The lowest BCUT2D eigenvalue weighted by molar-refractivity contribution is -0.150. The molecule has 2 aromatic rings. The van der Waals surface area contributed by atoms with E-state index in [1.165, 1.54) is 23.5 Å². The standard InChI is InChI=1S/C18H19F2N5O/c19-18(20)5-10-25(16(26)14-11-21-7-8-22-14)13-17(18)4-9-24(12-17)15-3-1-2-6-23-15/h1-3,6-8,11H,4-5,9-10,12-13H2. The molecule has 26 heavy (non-hydrogen) atoms. The van der Waals surface area contributed by atoms with Crippen LogP contribution < -0.4 is 4.90 Å². The first-order chi connectivity index (χ1) is 12.5. The van der Waals surface area contributed by atoms with E-state index in [0.717, 1.165) is 0 Å². The molecular weight excluding hydrogens is 340 g/mol. The lowest BCUT2D eigenvalue weighted by atomic mass is 9.75. The molecule has 136 valence electrons. The molecule has 2 aliphatic heterocycles. The van der Waals surface area contributed by atoms with Gasteiger partial charge < -0.3 is 9.80 Å². The number of aromatic nitrogens is 3. The number of carbonyl (C=O) groups is 1. The summed E-state index contributed by atoms with van der Waals surface area (Å²) in [5, 5.41) is 0. The van der Waals surface area contributed by atoms with Crippen LogP contribution in [0.3, 0.4) is 0 Å². The summed E-state index contributed by atoms with van der Waals surface area (Å²) in [6.07, 6.45) is 5.92. The Hall–Kier alpha value is -2.64. The average molecular weight is 359 g/mol. The van der Waals surface area contributed by atoms with Gasteiger partial charge in [-0.05, 0) is 18.6 Å². The van der Waals surface area contributed by atoms with E-state index in [1.54, 1.807) is 12.3 Å². The minimum absolute atomic E-state index is 0.0126. The van der Waals surface area contributed by atoms with E-state index >= 15 is 0 Å². The molecule has 2 aromatic heterocycles. The Kier molecular flexibility index (Phi) is 4.05. The summed E-state index contributed by atoms with van der Waals surface area (Å²) in [6.45, 7) is 0.716. The highest BCUT2D eigenvalue weighted by atomic mass is 19.3. The van der Waals surface area contributed by atoms with Crippen molar-refractivity contribution in [2.75, 3.05) is 31.1 Å². The molecule has 0 saturated carbocycles. The summed E-state index contributed by atoms with van der Waals surface area (Å²) in [5.41, 5.74) is -1.08. The van der Waals surface area contributed by atoms with Gasteiger partial charge in [0.1, 0.15) is 11.5 Å². The molecular formula is C18H19F2N5O. The number of rotatable bonds is 2. The summed E-state index contributed by atoms with van der Waals surface area (Å²) in [7, 11) is 0. The summed E-state index contributed by atoms with van der Waals surface area (Å²) < 4.78 is 29.8. The van der Waals surface area contributed by atoms with Gasteiger partial charge in [0.25, 0.3) is 11.8 Å². The number of pyridine rings is 1. The maximum Gasteiger partial charge on any atom is 0.274 e. The highest BCUT2D eigenvalue weighted by Crippen LogP contribution is 2.50. The second kappa shape index (κ2) is 6.26. The second-order valence-electron chi connectivity index (χ2n) is 6.91. The van der Waals surface area contributed by atoms with Crippen molar-refractivity contribution in [2.24, 2.45) is 5.41 Å². The van der Waals surface area contributed by atoms with Crippen molar-refractivity contribution in [1.82, 2.24) is 19.9 Å². The summed E-state index contributed by atoms with van der Waals surface area (Å²) in [6, 6.07) is 5.46. The van der Waals surface area contributed by atoms with Gasteiger partial charge in [0.2, 0.25) is 0 Å². The lowest BCUT2D eigenvalue weighted by Gasteiger charge is -2.45. The molecule has 2 aliphatic rings. The molecule has 4 heterocycles. The fraction of sp³-hybridized carbons (Fsp3) is 0.444. The molecule has 2 saturated heterocycles. The quantitative estimate of drug-likeness (QED) is 0.823. The van der Waals surface area contributed by atoms with Crippen molar-refractivity contribution >= 4 is 11.7 Å². The minimum Gasteiger partial charge on any atom is -0.356 e. The number of piperidine rings is 1. The van der Waals surface area contributed by atoms with Crippen molar-refractivity contribution in [3.63, 3.8) is 0 Å². The first-order valence-corrected chi connectivity index (χ1v) is 8.60. The normalized spacial score (nSPS) is 24.8. The van der Waals surface area contributed by atoms with Gasteiger partial charge in [-0.2, -0.15) is 0 Å². The number of hydrogen-bond acceptors (Lipinski definition) is 5. The Labute approximate surface area is 149 Å². The molecule has 1 amide bonds. The van der Waals surface area contributed by atoms with Crippen LogP contribution in [0.5, 0.6) is 0 Å². The maximum atomic E-state index is 14.9. The van der Waals surface area contributed by atoms with E-state index < -0.39 is 11.3 Å². The second-order valence-corrected chi connectivity index (χ2v) is 6.91. The first-order valence-electron chi connectivity index (χ1n) is 8.60. The molecule has 0 radical (unpaired) electrons. The molecule has 6 nitrogen and oxygen atoms in total. The van der Waals surface area contributed by atoms with Crippen LogP contribution in [-0.2, 0) is 0 Å². The molecule has 1 unspecified atom stereocenters. The van der Waals surface area contributed by atoms with Crippen molar-refractivity contribution in [3.05, 3.63) is 48.7 Å². The third kappa shape index (κ3) is 2.79. The van der Waals surface area contributed by atoms with Gasteiger partial charge >= 0.3 is 0 Å². The van der Waals surface area contributed by atoms with Gasteiger partial charge in [0, 0.05) is 51.2 Å². The van der Waals surface area contributed by atoms with Gasteiger partial charge in [0.05, 0.1) is 11.6 Å². The zero-order chi connectivity index (χ0) is 18.2. The van der Waals surface area contributed by atoms with Crippen molar-refractivity contribution in [1.29, 1.82) is 0 Å². The topological polar surface area (TPSA) is 62.2 Å². The van der Waals surface area contributed by atoms with Crippen molar-refractivity contribution in [2.45, 2.75) is 18.8 Å². The van der Waals surface area contributed by atoms with Crippen LogP contribution in [0.2, 0.25) is 0 Å². The Balaban J connectivity index is 1.57. The van der Waals surface area contributed by atoms with Gasteiger partial charge in [-0.1, -0.05) is 6.07 Å². The Morgan fingerprint density at radius 2 is 1.92 bits per heavy atom. The zero-order valence-corrected chi connectivity index (χ0v) is 14.2. The van der Waals surface area contributed by atoms with E-state index in [9.17, 15) is 13.6 Å². The molecule has 4 rings (SSSR count). The number of amides is 1. The number of alkyl halides is 2. The van der Waals surface area contributed by atoms with Crippen LogP contribution in [0.15, 0.2) is 43.0 Å². The van der Waals surface area contributed by atoms with Crippen LogP contribution in [0.1, 0.15) is 23.3 Å². The zero-order valence-electron chi connectivity index (χ0n) is 14.2. The SMILES string of the molecule is O=C(c1cnccn1)N1CCC(F)(F)C2(CCN(c3ccccn3)C2)C1. The smallest absolute Gasteiger partial charge is 0.274 e. The summed E-state index contributed by atoms with van der Waals surface area (Å²) >= 11 is 0. The highest BCUT2D eigenvalue weighted by Gasteiger charge is 2.60. The van der Waals surface area contributed by atoms with E-state index in [1.807, 2.05) is 17.0 Å². The van der Waals surface area contributed by atoms with E-state index in [0.29, 0.717) is 18.8 Å². The fourth-order valence-electron chi connectivity index (χ4n) is 3.88. The molecule has 2 fully saturated rings. The number of carbonyl (C=O) groups excluding carboxylic acids is 1. The Morgan fingerprint density at radius 1 is 1.04 bits per heavy atom. The molecule has 1 atom stereocenters. The van der Waals surface area contributed by atoms with Gasteiger partial charge in [0.15, 0.2) is 0 Å². The average Bonchev–Trinajstić information content (AvgIpc) is 3.11. The number of likely N-dealkylation sites (tertiary alicyclic amines) is 1. The van der Waals surface area contributed by atoms with Crippen LogP contribution in [-0.4, -0.2) is 57.9 Å². The van der Waals surface area contributed by atoms with Gasteiger partial charge in [-0.3, -0.25) is 9.78 Å². The third-order valence-electron chi connectivity index (χ3n) is 5.36.